The molecule has 5 nitrogen and oxygen atoms in total. The quantitative estimate of drug-likeness (QED) is 0.642. The van der Waals surface area contributed by atoms with E-state index >= 15 is 0 Å². The first-order chi connectivity index (χ1) is 7.56. The van der Waals surface area contributed by atoms with Crippen molar-refractivity contribution in [3.05, 3.63) is 0 Å². The molecule has 0 aromatic heterocycles. The van der Waals surface area contributed by atoms with Gasteiger partial charge in [0.2, 0.25) is 5.91 Å². The zero-order valence-corrected chi connectivity index (χ0v) is 9.69. The Morgan fingerprint density at radius 1 is 1.50 bits per heavy atom. The van der Waals surface area contributed by atoms with Gasteiger partial charge in [-0.25, -0.2) is 4.79 Å². The molecular formula is C11H17NO4. The van der Waals surface area contributed by atoms with Crippen molar-refractivity contribution in [1.82, 2.24) is 4.90 Å². The number of ether oxygens (including phenoxy) is 1. The number of hydrogen-bond donors (Lipinski definition) is 0. The standard InChI is InChI=1S/C11H17NO4/c1-3-16-11(15)9-4-5-10(14)12(9)7-6-8(2)13/h9H,3-7H2,1-2H3/t9-/m0/s1. The third-order valence-corrected chi connectivity index (χ3v) is 2.59. The van der Waals surface area contributed by atoms with E-state index in [0.29, 0.717) is 32.4 Å². The lowest BCUT2D eigenvalue weighted by atomic mass is 10.2. The van der Waals surface area contributed by atoms with Crippen LogP contribution in [-0.4, -0.2) is 41.8 Å². The second-order valence-electron chi connectivity index (χ2n) is 3.85. The van der Waals surface area contributed by atoms with E-state index in [4.69, 9.17) is 4.74 Å². The Bertz CT molecular complexity index is 300. The Morgan fingerprint density at radius 3 is 2.75 bits per heavy atom. The van der Waals surface area contributed by atoms with Crippen LogP contribution in [0.4, 0.5) is 0 Å². The van der Waals surface area contributed by atoms with Gasteiger partial charge in [0.1, 0.15) is 11.8 Å². The van der Waals surface area contributed by atoms with Crippen LogP contribution >= 0.6 is 0 Å². The molecule has 0 N–H and O–H groups in total. The molecule has 16 heavy (non-hydrogen) atoms. The van der Waals surface area contributed by atoms with Crippen LogP contribution in [0, 0.1) is 0 Å². The van der Waals surface area contributed by atoms with E-state index < -0.39 is 6.04 Å². The summed E-state index contributed by atoms with van der Waals surface area (Å²) in [6.45, 7) is 3.83. The number of likely N-dealkylation sites (tertiary alicyclic amines) is 1. The van der Waals surface area contributed by atoms with Gasteiger partial charge in [-0.1, -0.05) is 0 Å². The first-order valence-corrected chi connectivity index (χ1v) is 5.51. The number of hydrogen-bond acceptors (Lipinski definition) is 4. The maximum absolute atomic E-state index is 11.5. The minimum absolute atomic E-state index is 0.0160. The summed E-state index contributed by atoms with van der Waals surface area (Å²) < 4.78 is 4.89. The van der Waals surface area contributed by atoms with E-state index in [0.717, 1.165) is 0 Å². The summed E-state index contributed by atoms with van der Waals surface area (Å²) in [5, 5.41) is 0. The summed E-state index contributed by atoms with van der Waals surface area (Å²) in [6.07, 6.45) is 1.15. The van der Waals surface area contributed by atoms with Crippen molar-refractivity contribution in [2.45, 2.75) is 39.2 Å². The van der Waals surface area contributed by atoms with Crippen LogP contribution in [0.15, 0.2) is 0 Å². The molecule has 0 aromatic rings. The van der Waals surface area contributed by atoms with Gasteiger partial charge in [0.15, 0.2) is 0 Å². The average molecular weight is 227 g/mol. The van der Waals surface area contributed by atoms with Gasteiger partial charge in [0, 0.05) is 19.4 Å². The Labute approximate surface area is 94.7 Å². The number of ketones is 1. The molecular weight excluding hydrogens is 210 g/mol. The summed E-state index contributed by atoms with van der Waals surface area (Å²) in [5.41, 5.74) is 0. The van der Waals surface area contributed by atoms with Crippen LogP contribution in [0.1, 0.15) is 33.1 Å². The number of amides is 1. The highest BCUT2D eigenvalue weighted by Gasteiger charge is 2.36. The monoisotopic (exact) mass is 227 g/mol. The van der Waals surface area contributed by atoms with Gasteiger partial charge >= 0.3 is 5.97 Å². The molecule has 0 aliphatic carbocycles. The molecule has 0 aromatic carbocycles. The molecule has 1 aliphatic heterocycles. The van der Waals surface area contributed by atoms with E-state index in [2.05, 4.69) is 0 Å². The number of nitrogens with zero attached hydrogens (tertiary/aromatic N) is 1. The Kier molecular flexibility index (Phi) is 4.46. The van der Waals surface area contributed by atoms with Gasteiger partial charge in [-0.05, 0) is 20.3 Å². The van der Waals surface area contributed by atoms with Gasteiger partial charge in [-0.15, -0.1) is 0 Å². The second-order valence-corrected chi connectivity index (χ2v) is 3.85. The predicted octanol–water partition coefficient (Wildman–Crippen LogP) is 0.520. The fourth-order valence-corrected chi connectivity index (χ4v) is 1.78. The Balaban J connectivity index is 2.58. The Hall–Kier alpha value is -1.39. The number of carbonyl (C=O) groups is 3. The van der Waals surface area contributed by atoms with Gasteiger partial charge in [-0.3, -0.25) is 9.59 Å². The highest BCUT2D eigenvalue weighted by Crippen LogP contribution is 2.20. The predicted molar refractivity (Wildman–Crippen MR) is 56.7 cm³/mol. The smallest absolute Gasteiger partial charge is 0.328 e. The molecule has 1 amide bonds. The molecule has 0 radical (unpaired) electrons. The summed E-state index contributed by atoms with van der Waals surface area (Å²) >= 11 is 0. The number of rotatable bonds is 5. The molecule has 1 heterocycles. The molecule has 5 heteroatoms. The lowest BCUT2D eigenvalue weighted by Crippen LogP contribution is -2.40. The normalized spacial score (nSPS) is 20.0. The minimum atomic E-state index is -0.494. The van der Waals surface area contributed by atoms with Crippen molar-refractivity contribution < 1.29 is 19.1 Å². The topological polar surface area (TPSA) is 63.7 Å². The highest BCUT2D eigenvalue weighted by molar-refractivity contribution is 5.88. The maximum atomic E-state index is 11.5. The molecule has 90 valence electrons. The lowest BCUT2D eigenvalue weighted by Gasteiger charge is -2.22. The van der Waals surface area contributed by atoms with Crippen molar-refractivity contribution in [2.24, 2.45) is 0 Å². The largest absolute Gasteiger partial charge is 0.464 e. The van der Waals surface area contributed by atoms with Crippen molar-refractivity contribution in [1.29, 1.82) is 0 Å². The Morgan fingerprint density at radius 2 is 2.19 bits per heavy atom. The van der Waals surface area contributed by atoms with Crippen molar-refractivity contribution in [3.63, 3.8) is 0 Å². The zero-order chi connectivity index (χ0) is 12.1. The minimum Gasteiger partial charge on any atom is -0.464 e. The number of carbonyl (C=O) groups excluding carboxylic acids is 3. The third kappa shape index (κ3) is 3.05. The van der Waals surface area contributed by atoms with E-state index in [1.54, 1.807) is 6.92 Å². The SMILES string of the molecule is CCOC(=O)[C@@H]1CCC(=O)N1CCC(C)=O. The molecule has 1 atom stereocenters. The fraction of sp³-hybridized carbons (Fsp3) is 0.727. The average Bonchev–Trinajstić information content (AvgIpc) is 2.57. The number of Topliss-reactive ketones (excluding diaryl/α,β-unsaturated/α-hetero) is 1. The van der Waals surface area contributed by atoms with Gasteiger partial charge in [0.05, 0.1) is 6.61 Å². The summed E-state index contributed by atoms with van der Waals surface area (Å²) in [4.78, 5) is 35.4. The molecule has 1 fully saturated rings. The second kappa shape index (κ2) is 5.63. The molecule has 1 rings (SSSR count). The van der Waals surface area contributed by atoms with E-state index in [9.17, 15) is 14.4 Å². The first kappa shape index (κ1) is 12.7. The van der Waals surface area contributed by atoms with Crippen LogP contribution in [0.3, 0.4) is 0 Å². The molecule has 0 bridgehead atoms. The van der Waals surface area contributed by atoms with Crippen LogP contribution in [0.2, 0.25) is 0 Å². The third-order valence-electron chi connectivity index (χ3n) is 2.59. The molecule has 1 saturated heterocycles. The zero-order valence-electron chi connectivity index (χ0n) is 9.69. The van der Waals surface area contributed by atoms with Crippen LogP contribution in [0.25, 0.3) is 0 Å². The van der Waals surface area contributed by atoms with E-state index in [1.165, 1.54) is 11.8 Å². The summed E-state index contributed by atoms with van der Waals surface area (Å²) in [5.74, 6) is -0.418. The van der Waals surface area contributed by atoms with Crippen molar-refractivity contribution in [2.75, 3.05) is 13.2 Å². The molecule has 0 saturated carbocycles. The molecule has 0 spiro atoms. The van der Waals surface area contributed by atoms with Crippen LogP contribution in [0.5, 0.6) is 0 Å². The van der Waals surface area contributed by atoms with E-state index in [1.807, 2.05) is 0 Å². The van der Waals surface area contributed by atoms with Crippen molar-refractivity contribution >= 4 is 17.7 Å². The highest BCUT2D eigenvalue weighted by atomic mass is 16.5. The van der Waals surface area contributed by atoms with Crippen molar-refractivity contribution in [3.8, 4) is 0 Å². The van der Waals surface area contributed by atoms with Gasteiger partial charge < -0.3 is 9.64 Å². The van der Waals surface area contributed by atoms with Gasteiger partial charge in [-0.2, -0.15) is 0 Å². The van der Waals surface area contributed by atoms with Crippen LogP contribution in [-0.2, 0) is 19.1 Å². The lowest BCUT2D eigenvalue weighted by molar-refractivity contribution is -0.151. The van der Waals surface area contributed by atoms with E-state index in [-0.39, 0.29) is 17.7 Å². The first-order valence-electron chi connectivity index (χ1n) is 5.51. The molecule has 1 aliphatic rings. The van der Waals surface area contributed by atoms with Gasteiger partial charge in [0.25, 0.3) is 0 Å². The maximum Gasteiger partial charge on any atom is 0.328 e. The summed E-state index contributed by atoms with van der Waals surface area (Å²) in [6, 6.07) is -0.494. The summed E-state index contributed by atoms with van der Waals surface area (Å²) in [7, 11) is 0. The fourth-order valence-electron chi connectivity index (χ4n) is 1.78. The molecule has 0 unspecified atom stereocenters. The van der Waals surface area contributed by atoms with Crippen LogP contribution < -0.4 is 0 Å². The number of esters is 1.